The quantitative estimate of drug-likeness (QED) is 0.847. The van der Waals surface area contributed by atoms with Crippen LogP contribution in [0.3, 0.4) is 0 Å². The summed E-state index contributed by atoms with van der Waals surface area (Å²) in [4.78, 5) is 0. The van der Waals surface area contributed by atoms with Crippen LogP contribution in [-0.4, -0.2) is 27.8 Å². The molecule has 0 saturated carbocycles. The Morgan fingerprint density at radius 1 is 1.25 bits per heavy atom. The molecule has 0 aliphatic rings. The number of methoxy groups -OCH3 is 1. The van der Waals surface area contributed by atoms with Crippen LogP contribution >= 0.6 is 0 Å². The van der Waals surface area contributed by atoms with Gasteiger partial charge in [-0.25, -0.2) is 8.42 Å². The van der Waals surface area contributed by atoms with Crippen molar-refractivity contribution in [3.05, 3.63) is 18.2 Å². The summed E-state index contributed by atoms with van der Waals surface area (Å²) in [7, 11) is -1.78. The van der Waals surface area contributed by atoms with E-state index in [1.807, 2.05) is 6.07 Å². The lowest BCUT2D eigenvalue weighted by atomic mass is 9.97. The maximum atomic E-state index is 11.6. The highest BCUT2D eigenvalue weighted by atomic mass is 32.2. The SMILES string of the molecule is CCS(=O)(=O)Nc1ccc(NCC(C)(C)C)cc1OC. The summed E-state index contributed by atoms with van der Waals surface area (Å²) in [5, 5.41) is 3.31. The lowest BCUT2D eigenvalue weighted by Crippen LogP contribution is -2.19. The zero-order valence-corrected chi connectivity index (χ0v) is 13.6. The number of nitrogens with one attached hydrogen (secondary N) is 2. The Kier molecular flexibility index (Phi) is 5.28. The van der Waals surface area contributed by atoms with E-state index in [0.717, 1.165) is 12.2 Å². The second kappa shape index (κ2) is 6.35. The van der Waals surface area contributed by atoms with E-state index in [-0.39, 0.29) is 11.2 Å². The molecule has 0 unspecified atom stereocenters. The van der Waals surface area contributed by atoms with Crippen molar-refractivity contribution in [2.45, 2.75) is 27.7 Å². The van der Waals surface area contributed by atoms with Crippen LogP contribution in [0.4, 0.5) is 11.4 Å². The standard InChI is InChI=1S/C14H24N2O3S/c1-6-20(17,18)16-12-8-7-11(9-13(12)19-5)15-10-14(2,3)4/h7-9,15-16H,6,10H2,1-5H3. The summed E-state index contributed by atoms with van der Waals surface area (Å²) in [5.41, 5.74) is 1.52. The van der Waals surface area contributed by atoms with Gasteiger partial charge >= 0.3 is 0 Å². The molecular weight excluding hydrogens is 276 g/mol. The molecule has 0 spiro atoms. The number of hydrogen-bond acceptors (Lipinski definition) is 4. The first-order valence-electron chi connectivity index (χ1n) is 6.59. The van der Waals surface area contributed by atoms with Crippen LogP contribution in [0.5, 0.6) is 5.75 Å². The Balaban J connectivity index is 2.91. The van der Waals surface area contributed by atoms with Crippen molar-refractivity contribution in [3.8, 4) is 5.75 Å². The van der Waals surface area contributed by atoms with Crippen molar-refractivity contribution < 1.29 is 13.2 Å². The molecule has 0 aromatic heterocycles. The van der Waals surface area contributed by atoms with E-state index in [4.69, 9.17) is 4.74 Å². The zero-order chi connectivity index (χ0) is 15.4. The predicted molar refractivity (Wildman–Crippen MR) is 84.0 cm³/mol. The molecule has 0 atom stereocenters. The second-order valence-electron chi connectivity index (χ2n) is 5.83. The van der Waals surface area contributed by atoms with E-state index in [2.05, 4.69) is 30.8 Å². The Labute approximate surface area is 121 Å². The normalized spacial score (nSPS) is 12.1. The third-order valence-electron chi connectivity index (χ3n) is 2.67. The highest BCUT2D eigenvalue weighted by Crippen LogP contribution is 2.29. The van der Waals surface area contributed by atoms with Crippen LogP contribution in [0.15, 0.2) is 18.2 Å². The fourth-order valence-corrected chi connectivity index (χ4v) is 2.14. The van der Waals surface area contributed by atoms with Gasteiger partial charge in [0.25, 0.3) is 0 Å². The summed E-state index contributed by atoms with van der Waals surface area (Å²) in [6.45, 7) is 8.83. The maximum absolute atomic E-state index is 11.6. The summed E-state index contributed by atoms with van der Waals surface area (Å²) in [5.74, 6) is 0.529. The Morgan fingerprint density at radius 2 is 1.90 bits per heavy atom. The molecule has 2 N–H and O–H groups in total. The Morgan fingerprint density at radius 3 is 2.40 bits per heavy atom. The molecule has 114 valence electrons. The minimum atomic E-state index is -3.30. The van der Waals surface area contributed by atoms with E-state index in [1.54, 1.807) is 19.1 Å². The van der Waals surface area contributed by atoms with E-state index in [9.17, 15) is 8.42 Å². The van der Waals surface area contributed by atoms with Gasteiger partial charge in [0.1, 0.15) is 5.75 Å². The molecular formula is C14H24N2O3S. The van der Waals surface area contributed by atoms with Crippen LogP contribution in [0.25, 0.3) is 0 Å². The van der Waals surface area contributed by atoms with Gasteiger partial charge in [0, 0.05) is 18.3 Å². The maximum Gasteiger partial charge on any atom is 0.232 e. The molecule has 0 bridgehead atoms. The van der Waals surface area contributed by atoms with Crippen LogP contribution < -0.4 is 14.8 Å². The van der Waals surface area contributed by atoms with Gasteiger partial charge in [-0.1, -0.05) is 20.8 Å². The number of anilines is 2. The summed E-state index contributed by atoms with van der Waals surface area (Å²) in [6.07, 6.45) is 0. The second-order valence-corrected chi connectivity index (χ2v) is 7.85. The largest absolute Gasteiger partial charge is 0.494 e. The minimum Gasteiger partial charge on any atom is -0.494 e. The van der Waals surface area contributed by atoms with E-state index < -0.39 is 10.0 Å². The van der Waals surface area contributed by atoms with Crippen molar-refractivity contribution in [2.24, 2.45) is 5.41 Å². The van der Waals surface area contributed by atoms with Gasteiger partial charge in [0.2, 0.25) is 10.0 Å². The van der Waals surface area contributed by atoms with E-state index in [0.29, 0.717) is 11.4 Å². The van der Waals surface area contributed by atoms with Gasteiger partial charge in [-0.05, 0) is 24.5 Å². The number of benzene rings is 1. The predicted octanol–water partition coefficient (Wildman–Crippen LogP) is 2.91. The number of ether oxygens (including phenoxy) is 1. The first-order chi connectivity index (χ1) is 9.17. The molecule has 0 amide bonds. The van der Waals surface area contributed by atoms with Gasteiger partial charge in [-0.3, -0.25) is 4.72 Å². The lowest BCUT2D eigenvalue weighted by Gasteiger charge is -2.20. The Hall–Kier alpha value is -1.43. The summed E-state index contributed by atoms with van der Waals surface area (Å²) in [6, 6.07) is 5.33. The first-order valence-corrected chi connectivity index (χ1v) is 8.24. The van der Waals surface area contributed by atoms with E-state index in [1.165, 1.54) is 7.11 Å². The Bertz CT molecular complexity index is 548. The third-order valence-corrected chi connectivity index (χ3v) is 3.96. The van der Waals surface area contributed by atoms with Crippen molar-refractivity contribution in [1.82, 2.24) is 0 Å². The van der Waals surface area contributed by atoms with Crippen LogP contribution in [0.1, 0.15) is 27.7 Å². The first kappa shape index (κ1) is 16.6. The molecule has 1 rings (SSSR count). The number of sulfonamides is 1. The van der Waals surface area contributed by atoms with Crippen LogP contribution in [-0.2, 0) is 10.0 Å². The molecule has 0 radical (unpaired) electrons. The number of hydrogen-bond donors (Lipinski definition) is 2. The highest BCUT2D eigenvalue weighted by Gasteiger charge is 2.13. The van der Waals surface area contributed by atoms with Crippen molar-refractivity contribution in [3.63, 3.8) is 0 Å². The third kappa shape index (κ3) is 5.28. The minimum absolute atomic E-state index is 0.0280. The van der Waals surface area contributed by atoms with Gasteiger partial charge in [-0.2, -0.15) is 0 Å². The monoisotopic (exact) mass is 300 g/mol. The van der Waals surface area contributed by atoms with Crippen molar-refractivity contribution in [1.29, 1.82) is 0 Å². The molecule has 0 heterocycles. The molecule has 0 aliphatic carbocycles. The van der Waals surface area contributed by atoms with Crippen LogP contribution in [0, 0.1) is 5.41 Å². The summed E-state index contributed by atoms with van der Waals surface area (Å²) < 4.78 is 30.9. The average molecular weight is 300 g/mol. The fraction of sp³-hybridized carbons (Fsp3) is 0.571. The smallest absolute Gasteiger partial charge is 0.232 e. The summed E-state index contributed by atoms with van der Waals surface area (Å²) >= 11 is 0. The zero-order valence-electron chi connectivity index (χ0n) is 12.8. The lowest BCUT2D eigenvalue weighted by molar-refractivity contribution is 0.416. The topological polar surface area (TPSA) is 67.4 Å². The van der Waals surface area contributed by atoms with Crippen molar-refractivity contribution in [2.75, 3.05) is 29.4 Å². The van der Waals surface area contributed by atoms with Gasteiger partial charge in [0.05, 0.1) is 18.6 Å². The number of rotatable bonds is 6. The molecule has 1 aromatic carbocycles. The van der Waals surface area contributed by atoms with Crippen LogP contribution in [0.2, 0.25) is 0 Å². The fourth-order valence-electron chi connectivity index (χ4n) is 1.49. The molecule has 0 fully saturated rings. The van der Waals surface area contributed by atoms with Crippen molar-refractivity contribution >= 4 is 21.4 Å². The highest BCUT2D eigenvalue weighted by molar-refractivity contribution is 7.92. The molecule has 20 heavy (non-hydrogen) atoms. The molecule has 0 aliphatic heterocycles. The molecule has 5 nitrogen and oxygen atoms in total. The molecule has 6 heteroatoms. The van der Waals surface area contributed by atoms with Gasteiger partial charge < -0.3 is 10.1 Å². The molecule has 1 aromatic rings. The van der Waals surface area contributed by atoms with E-state index >= 15 is 0 Å². The van der Waals surface area contributed by atoms with Gasteiger partial charge in [0.15, 0.2) is 0 Å². The average Bonchev–Trinajstić information content (AvgIpc) is 2.36. The molecule has 0 saturated heterocycles. The van der Waals surface area contributed by atoms with Gasteiger partial charge in [-0.15, -0.1) is 0 Å².